The van der Waals surface area contributed by atoms with Crippen molar-refractivity contribution in [2.75, 3.05) is 5.32 Å². The molecule has 1 aliphatic rings. The van der Waals surface area contributed by atoms with E-state index in [0.717, 1.165) is 28.7 Å². The molecule has 108 valence electrons. The van der Waals surface area contributed by atoms with E-state index < -0.39 is 0 Å². The second-order valence-electron chi connectivity index (χ2n) is 4.45. The monoisotopic (exact) mass is 393 g/mol. The molecule has 0 unspecified atom stereocenters. The van der Waals surface area contributed by atoms with Crippen molar-refractivity contribution < 1.29 is 4.79 Å². The molecule has 2 aromatic rings. The number of thiazole rings is 1. The predicted octanol–water partition coefficient (Wildman–Crippen LogP) is 3.46. The van der Waals surface area contributed by atoms with Crippen molar-refractivity contribution >= 4 is 62.0 Å². The quantitative estimate of drug-likeness (QED) is 0.819. The first-order valence-electron chi connectivity index (χ1n) is 5.92. The minimum absolute atomic E-state index is 0. The van der Waals surface area contributed by atoms with E-state index in [4.69, 9.17) is 5.73 Å². The molecule has 1 aliphatic carbocycles. The summed E-state index contributed by atoms with van der Waals surface area (Å²) in [7, 11) is 0. The lowest BCUT2D eigenvalue weighted by Crippen LogP contribution is -2.26. The predicted molar refractivity (Wildman–Crippen MR) is 89.3 cm³/mol. The van der Waals surface area contributed by atoms with Crippen LogP contribution < -0.4 is 11.1 Å². The second-order valence-corrected chi connectivity index (χ2v) is 8.00. The molecule has 8 heteroatoms. The van der Waals surface area contributed by atoms with E-state index in [1.165, 1.54) is 27.6 Å². The van der Waals surface area contributed by atoms with Crippen LogP contribution in [0.3, 0.4) is 0 Å². The van der Waals surface area contributed by atoms with Crippen molar-refractivity contribution in [2.24, 2.45) is 5.73 Å². The van der Waals surface area contributed by atoms with E-state index in [1.807, 2.05) is 6.07 Å². The van der Waals surface area contributed by atoms with Crippen LogP contribution in [0, 0.1) is 0 Å². The van der Waals surface area contributed by atoms with Gasteiger partial charge in [0.05, 0.1) is 14.4 Å². The molecular weight excluding hydrogens is 382 g/mol. The van der Waals surface area contributed by atoms with Crippen LogP contribution in [0.2, 0.25) is 0 Å². The Morgan fingerprint density at radius 3 is 2.95 bits per heavy atom. The first-order valence-corrected chi connectivity index (χ1v) is 8.35. The number of rotatable bonds is 2. The van der Waals surface area contributed by atoms with Crippen LogP contribution in [0.5, 0.6) is 0 Å². The standard InChI is InChI=1S/C12H12BrN3OS2.ClH/c13-10-4-3-8(18-10)11(17)16-12-15-7-2-1-6(14)5-9(7)19-12;/h3-4,6H,1-2,5,14H2,(H,15,16,17);1H/t6-;/m0./s1. The van der Waals surface area contributed by atoms with E-state index in [1.54, 1.807) is 6.07 Å². The van der Waals surface area contributed by atoms with Gasteiger partial charge in [-0.1, -0.05) is 0 Å². The average molecular weight is 395 g/mol. The number of nitrogens with two attached hydrogens (primary N) is 1. The van der Waals surface area contributed by atoms with Crippen molar-refractivity contribution in [1.29, 1.82) is 0 Å². The zero-order valence-corrected chi connectivity index (χ0v) is 14.4. The summed E-state index contributed by atoms with van der Waals surface area (Å²) >= 11 is 6.30. The van der Waals surface area contributed by atoms with Gasteiger partial charge >= 0.3 is 0 Å². The molecule has 0 saturated carbocycles. The number of fused-ring (bicyclic) bond motifs is 1. The number of halogens is 2. The van der Waals surface area contributed by atoms with Gasteiger partial charge in [0.25, 0.3) is 5.91 Å². The molecule has 4 nitrogen and oxygen atoms in total. The van der Waals surface area contributed by atoms with Crippen molar-refractivity contribution in [3.63, 3.8) is 0 Å². The maximum Gasteiger partial charge on any atom is 0.267 e. The fourth-order valence-corrected chi connectivity index (χ4v) is 4.43. The van der Waals surface area contributed by atoms with E-state index in [-0.39, 0.29) is 24.4 Å². The Labute approximate surface area is 139 Å². The van der Waals surface area contributed by atoms with Crippen molar-refractivity contribution in [3.05, 3.63) is 31.4 Å². The molecule has 0 aromatic carbocycles. The summed E-state index contributed by atoms with van der Waals surface area (Å²) in [5.41, 5.74) is 7.03. The molecule has 1 atom stereocenters. The fourth-order valence-electron chi connectivity index (χ4n) is 2.05. The van der Waals surface area contributed by atoms with Crippen LogP contribution in [0.1, 0.15) is 26.7 Å². The molecule has 0 saturated heterocycles. The maximum atomic E-state index is 12.0. The van der Waals surface area contributed by atoms with Gasteiger partial charge < -0.3 is 5.73 Å². The van der Waals surface area contributed by atoms with E-state index >= 15 is 0 Å². The Morgan fingerprint density at radius 1 is 1.45 bits per heavy atom. The topological polar surface area (TPSA) is 68.0 Å². The fraction of sp³-hybridized carbons (Fsp3) is 0.333. The molecule has 3 N–H and O–H groups in total. The Bertz CT molecular complexity index is 628. The number of anilines is 1. The Hall–Kier alpha value is -0.470. The summed E-state index contributed by atoms with van der Waals surface area (Å²) in [4.78, 5) is 18.4. The number of carbonyl (C=O) groups is 1. The third-order valence-corrected chi connectivity index (χ3v) is 5.65. The molecule has 2 heterocycles. The highest BCUT2D eigenvalue weighted by Gasteiger charge is 2.21. The number of nitrogens with zero attached hydrogens (tertiary/aromatic N) is 1. The molecular formula is C12H13BrClN3OS2. The summed E-state index contributed by atoms with van der Waals surface area (Å²) in [6, 6.07) is 3.89. The lowest BCUT2D eigenvalue weighted by molar-refractivity contribution is 0.103. The Balaban J connectivity index is 0.00000147. The first-order chi connectivity index (χ1) is 9.11. The zero-order valence-electron chi connectivity index (χ0n) is 10.4. The van der Waals surface area contributed by atoms with Crippen LogP contribution in [-0.4, -0.2) is 16.9 Å². The lowest BCUT2D eigenvalue weighted by atomic mass is 9.99. The van der Waals surface area contributed by atoms with E-state index in [9.17, 15) is 4.79 Å². The number of amides is 1. The largest absolute Gasteiger partial charge is 0.327 e. The minimum atomic E-state index is -0.105. The maximum absolute atomic E-state index is 12.0. The van der Waals surface area contributed by atoms with Crippen LogP contribution in [0.25, 0.3) is 0 Å². The molecule has 1 amide bonds. The SMILES string of the molecule is Cl.N[C@H]1CCc2nc(NC(=O)c3ccc(Br)s3)sc2C1. The molecule has 0 aliphatic heterocycles. The molecule has 0 bridgehead atoms. The summed E-state index contributed by atoms with van der Waals surface area (Å²) < 4.78 is 0.946. The lowest BCUT2D eigenvalue weighted by Gasteiger charge is -2.15. The Morgan fingerprint density at radius 2 is 2.25 bits per heavy atom. The highest BCUT2D eigenvalue weighted by molar-refractivity contribution is 9.11. The third kappa shape index (κ3) is 3.40. The number of aromatic nitrogens is 1. The van der Waals surface area contributed by atoms with Gasteiger partial charge in [-0.2, -0.15) is 0 Å². The van der Waals surface area contributed by atoms with Crippen LogP contribution in [0.15, 0.2) is 15.9 Å². The van der Waals surface area contributed by atoms with Crippen molar-refractivity contribution in [2.45, 2.75) is 25.3 Å². The molecule has 0 fully saturated rings. The van der Waals surface area contributed by atoms with E-state index in [2.05, 4.69) is 26.2 Å². The average Bonchev–Trinajstić information content (AvgIpc) is 2.94. The summed E-state index contributed by atoms with van der Waals surface area (Å²) in [5, 5.41) is 3.54. The van der Waals surface area contributed by atoms with Gasteiger partial charge in [-0.15, -0.1) is 35.1 Å². The molecule has 20 heavy (non-hydrogen) atoms. The molecule has 3 rings (SSSR count). The summed E-state index contributed by atoms with van der Waals surface area (Å²) in [5.74, 6) is -0.105. The smallest absolute Gasteiger partial charge is 0.267 e. The van der Waals surface area contributed by atoms with Gasteiger partial charge in [-0.05, 0) is 47.3 Å². The van der Waals surface area contributed by atoms with Crippen molar-refractivity contribution in [3.8, 4) is 0 Å². The van der Waals surface area contributed by atoms with Gasteiger partial charge in [-0.3, -0.25) is 10.1 Å². The minimum Gasteiger partial charge on any atom is -0.327 e. The van der Waals surface area contributed by atoms with Crippen LogP contribution in [0.4, 0.5) is 5.13 Å². The van der Waals surface area contributed by atoms with Gasteiger partial charge in [0.1, 0.15) is 0 Å². The highest BCUT2D eigenvalue weighted by atomic mass is 79.9. The summed E-state index contributed by atoms with van der Waals surface area (Å²) in [6.07, 6.45) is 2.75. The van der Waals surface area contributed by atoms with Gasteiger partial charge in [0.15, 0.2) is 5.13 Å². The van der Waals surface area contributed by atoms with E-state index in [0.29, 0.717) is 10.0 Å². The normalized spacial score (nSPS) is 17.2. The number of hydrogen-bond donors (Lipinski definition) is 2. The summed E-state index contributed by atoms with van der Waals surface area (Å²) in [6.45, 7) is 0. The van der Waals surface area contributed by atoms with Gasteiger partial charge in [0, 0.05) is 10.9 Å². The molecule has 0 spiro atoms. The number of carbonyl (C=O) groups excluding carboxylic acids is 1. The number of aryl methyl sites for hydroxylation is 1. The molecule has 0 radical (unpaired) electrons. The third-order valence-electron chi connectivity index (χ3n) is 3.00. The van der Waals surface area contributed by atoms with Gasteiger partial charge in [0.2, 0.25) is 0 Å². The number of nitrogens with one attached hydrogen (secondary N) is 1. The molecule has 2 aromatic heterocycles. The number of hydrogen-bond acceptors (Lipinski definition) is 5. The number of thiophene rings is 1. The van der Waals surface area contributed by atoms with Gasteiger partial charge in [-0.25, -0.2) is 4.98 Å². The zero-order chi connectivity index (χ0) is 13.4. The van der Waals surface area contributed by atoms with Crippen LogP contribution >= 0.6 is 51.0 Å². The van der Waals surface area contributed by atoms with Crippen LogP contribution in [-0.2, 0) is 12.8 Å². The highest BCUT2D eigenvalue weighted by Crippen LogP contribution is 2.30. The Kier molecular flexibility index (Phi) is 5.19. The van der Waals surface area contributed by atoms with Crippen molar-refractivity contribution in [1.82, 2.24) is 4.98 Å². The second kappa shape index (κ2) is 6.53. The first kappa shape index (κ1) is 15.9.